The molecule has 2 aromatic carbocycles. The Hall–Kier alpha value is -3.78. The second-order valence-electron chi connectivity index (χ2n) is 6.80. The van der Waals surface area contributed by atoms with Gasteiger partial charge in [-0.05, 0) is 12.1 Å². The molecule has 9 heteroatoms. The SMILES string of the molecule is CC(=O)NC(=O)c1ncn2c1C(OC(C)=O)N=C(c1ccccc1Cl)c1ccccc1-2. The first kappa shape index (κ1) is 20.5. The summed E-state index contributed by atoms with van der Waals surface area (Å²) in [5.74, 6) is -1.85. The van der Waals surface area contributed by atoms with E-state index in [-0.39, 0.29) is 11.4 Å². The molecule has 0 bridgehead atoms. The van der Waals surface area contributed by atoms with Gasteiger partial charge in [-0.2, -0.15) is 0 Å². The van der Waals surface area contributed by atoms with Crippen molar-refractivity contribution >= 4 is 35.1 Å². The van der Waals surface area contributed by atoms with Crippen molar-refractivity contribution in [2.24, 2.45) is 4.99 Å². The van der Waals surface area contributed by atoms with Crippen LogP contribution in [0.5, 0.6) is 0 Å². The highest BCUT2D eigenvalue weighted by atomic mass is 35.5. The molecular weight excluding hydrogens is 420 g/mol. The van der Waals surface area contributed by atoms with Crippen LogP contribution in [-0.4, -0.2) is 33.0 Å². The number of nitrogens with zero attached hydrogens (tertiary/aromatic N) is 3. The summed E-state index contributed by atoms with van der Waals surface area (Å²) >= 11 is 6.45. The van der Waals surface area contributed by atoms with Crippen LogP contribution in [0, 0.1) is 0 Å². The molecule has 1 atom stereocenters. The first-order chi connectivity index (χ1) is 14.9. The number of hydrogen-bond acceptors (Lipinski definition) is 6. The number of aromatic nitrogens is 2. The Kier molecular flexibility index (Phi) is 5.39. The normalized spacial score (nSPS) is 14.5. The van der Waals surface area contributed by atoms with E-state index in [0.717, 1.165) is 0 Å². The number of amides is 2. The number of fused-ring (bicyclic) bond motifs is 3. The summed E-state index contributed by atoms with van der Waals surface area (Å²) in [6, 6.07) is 14.5. The number of para-hydroxylation sites is 1. The van der Waals surface area contributed by atoms with Crippen LogP contribution in [0.2, 0.25) is 5.02 Å². The Morgan fingerprint density at radius 3 is 2.39 bits per heavy atom. The van der Waals surface area contributed by atoms with E-state index in [1.165, 1.54) is 20.2 Å². The van der Waals surface area contributed by atoms with Crippen molar-refractivity contribution in [2.75, 3.05) is 0 Å². The Labute approximate surface area is 182 Å². The molecule has 0 saturated carbocycles. The molecule has 156 valence electrons. The van der Waals surface area contributed by atoms with Crippen LogP contribution < -0.4 is 5.32 Å². The molecule has 2 heterocycles. The van der Waals surface area contributed by atoms with Crippen LogP contribution >= 0.6 is 11.6 Å². The second-order valence-corrected chi connectivity index (χ2v) is 7.20. The number of aliphatic imine (C=N–C) groups is 1. The molecule has 1 aliphatic rings. The van der Waals surface area contributed by atoms with Gasteiger partial charge in [0.25, 0.3) is 5.91 Å². The molecule has 0 aliphatic carbocycles. The van der Waals surface area contributed by atoms with Crippen LogP contribution in [0.3, 0.4) is 0 Å². The summed E-state index contributed by atoms with van der Waals surface area (Å²) in [7, 11) is 0. The third-order valence-corrected chi connectivity index (χ3v) is 4.94. The number of carbonyl (C=O) groups excluding carboxylic acids is 3. The lowest BCUT2D eigenvalue weighted by Crippen LogP contribution is -2.30. The van der Waals surface area contributed by atoms with E-state index >= 15 is 0 Å². The minimum absolute atomic E-state index is 0.0691. The molecule has 1 aromatic heterocycles. The number of nitrogens with one attached hydrogen (secondary N) is 1. The first-order valence-electron chi connectivity index (χ1n) is 9.35. The predicted molar refractivity (Wildman–Crippen MR) is 113 cm³/mol. The minimum atomic E-state index is -1.19. The number of ether oxygens (including phenoxy) is 1. The molecule has 8 nitrogen and oxygen atoms in total. The standard InChI is InChI=1S/C22H17ClN4O4/c1-12(28)25-21(30)19-20-22(31-13(2)29)26-18(14-7-3-5-9-16(14)23)15-8-4-6-10-17(15)27(20)11-24-19/h3-11,22H,1-2H3,(H,25,28,30). The van der Waals surface area contributed by atoms with Gasteiger partial charge in [0.1, 0.15) is 12.0 Å². The Morgan fingerprint density at radius 2 is 1.71 bits per heavy atom. The molecule has 1 aliphatic heterocycles. The lowest BCUT2D eigenvalue weighted by molar-refractivity contribution is -0.146. The van der Waals surface area contributed by atoms with E-state index in [0.29, 0.717) is 27.5 Å². The smallest absolute Gasteiger partial charge is 0.304 e. The Morgan fingerprint density at radius 1 is 1.03 bits per heavy atom. The molecule has 2 amide bonds. The molecule has 0 spiro atoms. The van der Waals surface area contributed by atoms with Gasteiger partial charge >= 0.3 is 5.97 Å². The zero-order valence-electron chi connectivity index (χ0n) is 16.6. The topological polar surface area (TPSA) is 103 Å². The quantitative estimate of drug-likeness (QED) is 0.635. The number of hydrogen-bond donors (Lipinski definition) is 1. The fraction of sp³-hybridized carbons (Fsp3) is 0.136. The highest BCUT2D eigenvalue weighted by Crippen LogP contribution is 2.34. The molecule has 3 aromatic rings. The van der Waals surface area contributed by atoms with Crippen molar-refractivity contribution in [2.45, 2.75) is 20.1 Å². The molecule has 0 fully saturated rings. The van der Waals surface area contributed by atoms with Gasteiger partial charge < -0.3 is 4.74 Å². The molecule has 0 radical (unpaired) electrons. The third-order valence-electron chi connectivity index (χ3n) is 4.61. The van der Waals surface area contributed by atoms with Gasteiger partial charge in [0.2, 0.25) is 12.1 Å². The van der Waals surface area contributed by atoms with Crippen molar-refractivity contribution < 1.29 is 19.1 Å². The average Bonchev–Trinajstić information content (AvgIpc) is 3.11. The average molecular weight is 437 g/mol. The zero-order chi connectivity index (χ0) is 22.1. The van der Waals surface area contributed by atoms with E-state index < -0.39 is 24.0 Å². The third kappa shape index (κ3) is 3.85. The van der Waals surface area contributed by atoms with Gasteiger partial charge in [-0.25, -0.2) is 9.98 Å². The van der Waals surface area contributed by atoms with Crippen molar-refractivity contribution in [1.82, 2.24) is 14.9 Å². The van der Waals surface area contributed by atoms with Gasteiger partial charge in [0, 0.05) is 30.0 Å². The number of esters is 1. The van der Waals surface area contributed by atoms with E-state index in [1.807, 2.05) is 36.4 Å². The Balaban J connectivity index is 2.01. The number of carbonyl (C=O) groups is 3. The number of rotatable bonds is 3. The highest BCUT2D eigenvalue weighted by Gasteiger charge is 2.33. The highest BCUT2D eigenvalue weighted by molar-refractivity contribution is 6.35. The van der Waals surface area contributed by atoms with Gasteiger partial charge in [0.05, 0.1) is 11.4 Å². The van der Waals surface area contributed by atoms with E-state index in [1.54, 1.807) is 16.7 Å². The summed E-state index contributed by atoms with van der Waals surface area (Å²) in [4.78, 5) is 44.8. The molecular formula is C22H17ClN4O4. The largest absolute Gasteiger partial charge is 0.434 e. The Bertz CT molecular complexity index is 1250. The summed E-state index contributed by atoms with van der Waals surface area (Å²) in [6.45, 7) is 2.47. The van der Waals surface area contributed by atoms with Crippen LogP contribution in [0.1, 0.15) is 47.4 Å². The van der Waals surface area contributed by atoms with Crippen LogP contribution in [0.15, 0.2) is 59.9 Å². The van der Waals surface area contributed by atoms with Gasteiger partial charge in [0.15, 0.2) is 5.69 Å². The van der Waals surface area contributed by atoms with Crippen molar-refractivity contribution in [3.05, 3.63) is 82.4 Å². The van der Waals surface area contributed by atoms with E-state index in [2.05, 4.69) is 15.3 Å². The van der Waals surface area contributed by atoms with Crippen molar-refractivity contribution in [3.8, 4) is 5.69 Å². The van der Waals surface area contributed by atoms with E-state index in [9.17, 15) is 14.4 Å². The fourth-order valence-electron chi connectivity index (χ4n) is 3.42. The molecule has 1 N–H and O–H groups in total. The van der Waals surface area contributed by atoms with E-state index in [4.69, 9.17) is 16.3 Å². The van der Waals surface area contributed by atoms with Crippen molar-refractivity contribution in [3.63, 3.8) is 0 Å². The number of imidazole rings is 1. The number of halogens is 1. The van der Waals surface area contributed by atoms with Crippen molar-refractivity contribution in [1.29, 1.82) is 0 Å². The summed E-state index contributed by atoms with van der Waals surface area (Å²) in [5, 5.41) is 2.67. The fourth-order valence-corrected chi connectivity index (χ4v) is 3.64. The van der Waals surface area contributed by atoms with Gasteiger partial charge in [-0.15, -0.1) is 0 Å². The number of imide groups is 1. The lowest BCUT2D eigenvalue weighted by Gasteiger charge is -2.15. The lowest BCUT2D eigenvalue weighted by atomic mass is 10.0. The van der Waals surface area contributed by atoms with Crippen LogP contribution in [0.25, 0.3) is 5.69 Å². The molecule has 31 heavy (non-hydrogen) atoms. The predicted octanol–water partition coefficient (Wildman–Crippen LogP) is 3.21. The second kappa shape index (κ2) is 8.16. The van der Waals surface area contributed by atoms with Crippen LogP contribution in [0.4, 0.5) is 0 Å². The summed E-state index contributed by atoms with van der Waals surface area (Å²) < 4.78 is 7.11. The summed E-state index contributed by atoms with van der Waals surface area (Å²) in [6.07, 6.45) is 0.247. The van der Waals surface area contributed by atoms with Gasteiger partial charge in [-0.3, -0.25) is 24.3 Å². The minimum Gasteiger partial charge on any atom is -0.434 e. The van der Waals surface area contributed by atoms with Gasteiger partial charge in [-0.1, -0.05) is 48.0 Å². The molecule has 0 saturated heterocycles. The molecule has 1 unspecified atom stereocenters. The number of benzene rings is 2. The first-order valence-corrected chi connectivity index (χ1v) is 9.73. The zero-order valence-corrected chi connectivity index (χ0v) is 17.4. The van der Waals surface area contributed by atoms with Crippen LogP contribution in [-0.2, 0) is 14.3 Å². The molecule has 4 rings (SSSR count). The maximum atomic E-state index is 12.6. The maximum absolute atomic E-state index is 12.6. The monoisotopic (exact) mass is 436 g/mol. The maximum Gasteiger partial charge on any atom is 0.304 e. The summed E-state index contributed by atoms with van der Waals surface area (Å²) in [5.41, 5.74) is 2.67.